The highest BCUT2D eigenvalue weighted by molar-refractivity contribution is 5.92. The summed E-state index contributed by atoms with van der Waals surface area (Å²) < 4.78 is 5.16. The Bertz CT molecular complexity index is 713. The Hall–Kier alpha value is -2.63. The molecule has 0 unspecified atom stereocenters. The number of methoxy groups -OCH3 is 1. The Kier molecular flexibility index (Phi) is 5.39. The lowest BCUT2D eigenvalue weighted by Crippen LogP contribution is -2.30. The van der Waals surface area contributed by atoms with E-state index in [0.29, 0.717) is 5.69 Å². The quantitative estimate of drug-likeness (QED) is 0.912. The van der Waals surface area contributed by atoms with Crippen LogP contribution in [0.3, 0.4) is 0 Å². The van der Waals surface area contributed by atoms with Gasteiger partial charge in [0.2, 0.25) is 5.95 Å². The van der Waals surface area contributed by atoms with Crippen LogP contribution in [-0.4, -0.2) is 34.9 Å². The van der Waals surface area contributed by atoms with Gasteiger partial charge in [-0.25, -0.2) is 9.97 Å². The highest BCUT2D eigenvalue weighted by Gasteiger charge is 2.21. The number of hydrogen-bond acceptors (Lipinski definition) is 5. The Morgan fingerprint density at radius 2 is 1.79 bits per heavy atom. The topological polar surface area (TPSA) is 81.3 Å². The highest BCUT2D eigenvalue weighted by Crippen LogP contribution is 2.23. The number of amides is 1. The van der Waals surface area contributed by atoms with Gasteiger partial charge in [-0.1, -0.05) is 26.0 Å². The molecule has 128 valence electrons. The first-order valence-electron chi connectivity index (χ1n) is 7.89. The van der Waals surface area contributed by atoms with Crippen LogP contribution in [0.4, 0.5) is 5.95 Å². The minimum Gasteiger partial charge on any atom is -0.497 e. The number of anilines is 1. The molecule has 6 heteroatoms. The number of carbonyl (C=O) groups excluding carboxylic acids is 1. The summed E-state index contributed by atoms with van der Waals surface area (Å²) in [5.41, 5.74) is 7.83. The van der Waals surface area contributed by atoms with E-state index in [0.717, 1.165) is 17.0 Å². The number of nitrogens with two attached hydrogens (primary N) is 1. The molecular weight excluding hydrogens is 304 g/mol. The third kappa shape index (κ3) is 3.82. The van der Waals surface area contributed by atoms with E-state index < -0.39 is 0 Å². The Morgan fingerprint density at radius 1 is 1.17 bits per heavy atom. The van der Waals surface area contributed by atoms with E-state index in [1.165, 1.54) is 0 Å². The van der Waals surface area contributed by atoms with Crippen molar-refractivity contribution in [2.45, 2.75) is 32.7 Å². The van der Waals surface area contributed by atoms with Crippen molar-refractivity contribution in [1.29, 1.82) is 0 Å². The van der Waals surface area contributed by atoms with Gasteiger partial charge in [0.15, 0.2) is 0 Å². The summed E-state index contributed by atoms with van der Waals surface area (Å²) in [7, 11) is 3.38. The number of aromatic nitrogens is 2. The first-order chi connectivity index (χ1) is 11.3. The molecule has 1 aromatic carbocycles. The first kappa shape index (κ1) is 17.7. The molecule has 2 aromatic rings. The lowest BCUT2D eigenvalue weighted by molar-refractivity contribution is 0.0736. The van der Waals surface area contributed by atoms with Crippen LogP contribution in [0.25, 0.3) is 0 Å². The molecule has 6 nitrogen and oxygen atoms in total. The van der Waals surface area contributed by atoms with Gasteiger partial charge in [-0.3, -0.25) is 4.79 Å². The fraction of sp³-hybridized carbons (Fsp3) is 0.389. The third-order valence-electron chi connectivity index (χ3n) is 4.07. The van der Waals surface area contributed by atoms with Crippen molar-refractivity contribution < 1.29 is 9.53 Å². The van der Waals surface area contributed by atoms with E-state index in [9.17, 15) is 4.79 Å². The molecular formula is C18H24N4O2. The molecule has 0 aliphatic carbocycles. The molecule has 24 heavy (non-hydrogen) atoms. The van der Waals surface area contributed by atoms with Crippen molar-refractivity contribution in [1.82, 2.24) is 14.9 Å². The number of hydrogen-bond donors (Lipinski definition) is 1. The predicted molar refractivity (Wildman–Crippen MR) is 94.0 cm³/mol. The second-order valence-electron chi connectivity index (χ2n) is 6.06. The van der Waals surface area contributed by atoms with E-state index >= 15 is 0 Å². The monoisotopic (exact) mass is 328 g/mol. The van der Waals surface area contributed by atoms with Crippen LogP contribution in [-0.2, 0) is 0 Å². The minimum absolute atomic E-state index is 0.109. The van der Waals surface area contributed by atoms with Crippen LogP contribution < -0.4 is 10.5 Å². The number of rotatable bonds is 5. The average molecular weight is 328 g/mol. The van der Waals surface area contributed by atoms with Crippen molar-refractivity contribution in [3.8, 4) is 5.75 Å². The molecule has 1 aromatic heterocycles. The van der Waals surface area contributed by atoms with Gasteiger partial charge in [0.1, 0.15) is 11.4 Å². The third-order valence-corrected chi connectivity index (χ3v) is 4.07. The van der Waals surface area contributed by atoms with Crippen molar-refractivity contribution in [3.05, 3.63) is 47.3 Å². The smallest absolute Gasteiger partial charge is 0.272 e. The summed E-state index contributed by atoms with van der Waals surface area (Å²) >= 11 is 0. The van der Waals surface area contributed by atoms with E-state index in [2.05, 4.69) is 9.97 Å². The van der Waals surface area contributed by atoms with Gasteiger partial charge in [0.25, 0.3) is 5.91 Å². The summed E-state index contributed by atoms with van der Waals surface area (Å²) in [6.07, 6.45) is 0. The lowest BCUT2D eigenvalue weighted by Gasteiger charge is -2.25. The molecule has 0 aliphatic rings. The van der Waals surface area contributed by atoms with E-state index in [1.54, 1.807) is 25.1 Å². The van der Waals surface area contributed by atoms with Crippen molar-refractivity contribution >= 4 is 11.9 Å². The molecule has 0 fully saturated rings. The summed E-state index contributed by atoms with van der Waals surface area (Å²) in [4.78, 5) is 22.7. The van der Waals surface area contributed by atoms with Crippen molar-refractivity contribution in [2.75, 3.05) is 19.9 Å². The number of ether oxygens (including phenoxy) is 1. The SMILES string of the molecule is COc1ccc([C@@H](C)N(C)C(=O)c2cc(C(C)C)nc(N)n2)cc1. The average Bonchev–Trinajstić information content (AvgIpc) is 2.59. The number of nitrogens with zero attached hydrogens (tertiary/aromatic N) is 3. The van der Waals surface area contributed by atoms with Crippen LogP contribution >= 0.6 is 0 Å². The first-order valence-corrected chi connectivity index (χ1v) is 7.89. The van der Waals surface area contributed by atoms with Crippen LogP contribution in [0.15, 0.2) is 30.3 Å². The molecule has 0 spiro atoms. The Morgan fingerprint density at radius 3 is 2.33 bits per heavy atom. The van der Waals surface area contributed by atoms with Gasteiger partial charge in [0, 0.05) is 12.7 Å². The summed E-state index contributed by atoms with van der Waals surface area (Å²) in [5, 5.41) is 0. The molecule has 0 aliphatic heterocycles. The van der Waals surface area contributed by atoms with E-state index in [-0.39, 0.29) is 23.8 Å². The maximum absolute atomic E-state index is 12.8. The van der Waals surface area contributed by atoms with E-state index in [4.69, 9.17) is 10.5 Å². The maximum Gasteiger partial charge on any atom is 0.272 e. The Labute approximate surface area is 142 Å². The van der Waals surface area contributed by atoms with Gasteiger partial charge < -0.3 is 15.4 Å². The van der Waals surface area contributed by atoms with Crippen LogP contribution in [0.5, 0.6) is 5.75 Å². The second-order valence-corrected chi connectivity index (χ2v) is 6.06. The molecule has 1 heterocycles. The molecule has 2 N–H and O–H groups in total. The zero-order valence-corrected chi connectivity index (χ0v) is 14.8. The van der Waals surface area contributed by atoms with Gasteiger partial charge in [-0.15, -0.1) is 0 Å². The predicted octanol–water partition coefficient (Wildman–Crippen LogP) is 3.02. The largest absolute Gasteiger partial charge is 0.497 e. The van der Waals surface area contributed by atoms with Crippen LogP contribution in [0.2, 0.25) is 0 Å². The fourth-order valence-electron chi connectivity index (χ4n) is 2.35. The maximum atomic E-state index is 12.8. The van der Waals surface area contributed by atoms with Gasteiger partial charge in [0.05, 0.1) is 13.2 Å². The standard InChI is InChI=1S/C18H24N4O2/c1-11(2)15-10-16(21-18(19)20-15)17(23)22(4)12(3)13-6-8-14(24-5)9-7-13/h6-12H,1-5H3,(H2,19,20,21)/t12-/m1/s1. The minimum atomic E-state index is -0.186. The zero-order valence-electron chi connectivity index (χ0n) is 14.8. The van der Waals surface area contributed by atoms with Gasteiger partial charge in [-0.05, 0) is 36.6 Å². The summed E-state index contributed by atoms with van der Waals surface area (Å²) in [6, 6.07) is 9.25. The molecule has 0 bridgehead atoms. The van der Waals surface area contributed by atoms with Crippen LogP contribution in [0, 0.1) is 0 Å². The number of nitrogen functional groups attached to an aromatic ring is 1. The summed E-state index contributed by atoms with van der Waals surface area (Å²) in [5.74, 6) is 0.889. The van der Waals surface area contributed by atoms with Gasteiger partial charge in [-0.2, -0.15) is 0 Å². The molecule has 1 amide bonds. The second kappa shape index (κ2) is 7.29. The normalized spacial score (nSPS) is 12.1. The number of carbonyl (C=O) groups is 1. The number of benzene rings is 1. The fourth-order valence-corrected chi connectivity index (χ4v) is 2.35. The highest BCUT2D eigenvalue weighted by atomic mass is 16.5. The zero-order chi connectivity index (χ0) is 17.9. The van der Waals surface area contributed by atoms with E-state index in [1.807, 2.05) is 45.0 Å². The van der Waals surface area contributed by atoms with Gasteiger partial charge >= 0.3 is 0 Å². The molecule has 1 atom stereocenters. The molecule has 0 saturated heterocycles. The van der Waals surface area contributed by atoms with Crippen molar-refractivity contribution in [3.63, 3.8) is 0 Å². The molecule has 0 radical (unpaired) electrons. The van der Waals surface area contributed by atoms with Crippen LogP contribution in [0.1, 0.15) is 54.5 Å². The Balaban J connectivity index is 2.24. The van der Waals surface area contributed by atoms with Crippen molar-refractivity contribution in [2.24, 2.45) is 0 Å². The lowest BCUT2D eigenvalue weighted by atomic mass is 10.1. The summed E-state index contributed by atoms with van der Waals surface area (Å²) in [6.45, 7) is 5.97. The molecule has 2 rings (SSSR count). The molecule has 0 saturated carbocycles.